The Morgan fingerprint density at radius 2 is 1.32 bits per heavy atom. The molecular formula is C25H38N4O4S. The van der Waals surface area contributed by atoms with E-state index in [4.69, 9.17) is 0 Å². The van der Waals surface area contributed by atoms with Crippen LogP contribution < -0.4 is 4.90 Å². The second-order valence-corrected chi connectivity index (χ2v) is 11.9. The molecule has 0 N–H and O–H groups in total. The summed E-state index contributed by atoms with van der Waals surface area (Å²) in [4.78, 5) is 31.6. The third-order valence-electron chi connectivity index (χ3n) is 7.21. The molecule has 0 spiro atoms. The summed E-state index contributed by atoms with van der Waals surface area (Å²) in [5.41, 5.74) is 1.12. The number of nitrogens with zero attached hydrogens (tertiary/aromatic N) is 4. The van der Waals surface area contributed by atoms with Crippen LogP contribution in [0, 0.1) is 5.92 Å². The predicted molar refractivity (Wildman–Crippen MR) is 132 cm³/mol. The van der Waals surface area contributed by atoms with Crippen LogP contribution in [0.2, 0.25) is 0 Å². The highest BCUT2D eigenvalue weighted by Crippen LogP contribution is 2.32. The van der Waals surface area contributed by atoms with Crippen LogP contribution in [0.5, 0.6) is 0 Å². The SMILES string of the molecule is CC(C)C(=O)N1CCN(C(=O)c2ccc(N3CCCCC3)c(S(=O)(=O)N3CCCCC3)c2)CC1. The highest BCUT2D eigenvalue weighted by molar-refractivity contribution is 7.89. The van der Waals surface area contributed by atoms with Gasteiger partial charge in [0, 0.05) is 63.8 Å². The maximum atomic E-state index is 13.7. The molecule has 0 aliphatic carbocycles. The Balaban J connectivity index is 1.59. The van der Waals surface area contributed by atoms with Crippen LogP contribution in [0.3, 0.4) is 0 Å². The van der Waals surface area contributed by atoms with Gasteiger partial charge in [-0.2, -0.15) is 4.31 Å². The van der Waals surface area contributed by atoms with Gasteiger partial charge in [0.2, 0.25) is 15.9 Å². The maximum Gasteiger partial charge on any atom is 0.254 e. The number of rotatable bonds is 5. The van der Waals surface area contributed by atoms with E-state index in [0.29, 0.717) is 50.5 Å². The van der Waals surface area contributed by atoms with Crippen LogP contribution in [0.25, 0.3) is 0 Å². The van der Waals surface area contributed by atoms with Gasteiger partial charge in [0.25, 0.3) is 5.91 Å². The van der Waals surface area contributed by atoms with E-state index in [1.807, 2.05) is 19.9 Å². The van der Waals surface area contributed by atoms with Gasteiger partial charge in [0.1, 0.15) is 4.90 Å². The Labute approximate surface area is 203 Å². The first kappa shape index (κ1) is 25.0. The van der Waals surface area contributed by atoms with Gasteiger partial charge < -0.3 is 14.7 Å². The lowest BCUT2D eigenvalue weighted by molar-refractivity contribution is -0.135. The number of amides is 2. The highest BCUT2D eigenvalue weighted by Gasteiger charge is 2.32. The average Bonchev–Trinajstić information content (AvgIpc) is 2.88. The molecule has 2 amide bonds. The third-order valence-corrected chi connectivity index (χ3v) is 9.14. The zero-order valence-corrected chi connectivity index (χ0v) is 21.4. The predicted octanol–water partition coefficient (Wildman–Crippen LogP) is 2.79. The number of carbonyl (C=O) groups excluding carboxylic acids is 2. The lowest BCUT2D eigenvalue weighted by Gasteiger charge is -2.36. The molecule has 0 saturated carbocycles. The molecule has 3 fully saturated rings. The lowest BCUT2D eigenvalue weighted by atomic mass is 10.1. The number of hydrogen-bond donors (Lipinski definition) is 0. The molecule has 188 valence electrons. The summed E-state index contributed by atoms with van der Waals surface area (Å²) in [7, 11) is -3.69. The summed E-state index contributed by atoms with van der Waals surface area (Å²) < 4.78 is 29.0. The average molecular weight is 491 g/mol. The molecule has 0 aromatic heterocycles. The first-order valence-corrected chi connectivity index (χ1v) is 14.2. The van der Waals surface area contributed by atoms with Crippen molar-refractivity contribution in [1.82, 2.24) is 14.1 Å². The standard InChI is InChI=1S/C25H38N4O4S/c1-20(2)24(30)27-15-17-28(18-16-27)25(31)21-9-10-22(26-11-5-3-6-12-26)23(19-21)34(32,33)29-13-7-4-8-14-29/h9-10,19-20H,3-8,11-18H2,1-2H3. The van der Waals surface area contributed by atoms with E-state index >= 15 is 0 Å². The minimum absolute atomic E-state index is 0.0628. The third kappa shape index (κ3) is 5.25. The fourth-order valence-corrected chi connectivity index (χ4v) is 6.93. The van der Waals surface area contributed by atoms with E-state index in [1.165, 1.54) is 0 Å². The normalized spacial score (nSPS) is 20.6. The van der Waals surface area contributed by atoms with Gasteiger partial charge in [0.05, 0.1) is 5.69 Å². The fourth-order valence-electron chi connectivity index (χ4n) is 5.17. The molecule has 34 heavy (non-hydrogen) atoms. The molecule has 1 aromatic carbocycles. The molecule has 0 bridgehead atoms. The summed E-state index contributed by atoms with van der Waals surface area (Å²) in [6.45, 7) is 8.43. The summed E-state index contributed by atoms with van der Waals surface area (Å²) in [6.07, 6.45) is 6.04. The number of piperazine rings is 1. The molecule has 0 atom stereocenters. The van der Waals surface area contributed by atoms with E-state index in [0.717, 1.165) is 51.6 Å². The van der Waals surface area contributed by atoms with Gasteiger partial charge in [-0.3, -0.25) is 9.59 Å². The zero-order valence-electron chi connectivity index (χ0n) is 20.5. The molecular weight excluding hydrogens is 452 g/mol. The molecule has 3 heterocycles. The van der Waals surface area contributed by atoms with Gasteiger partial charge in [-0.1, -0.05) is 20.3 Å². The van der Waals surface area contributed by atoms with Gasteiger partial charge in [-0.05, 0) is 50.3 Å². The molecule has 8 nitrogen and oxygen atoms in total. The monoisotopic (exact) mass is 490 g/mol. The van der Waals surface area contributed by atoms with Gasteiger partial charge in [-0.25, -0.2) is 8.42 Å². The highest BCUT2D eigenvalue weighted by atomic mass is 32.2. The largest absolute Gasteiger partial charge is 0.370 e. The van der Waals surface area contributed by atoms with E-state index in [-0.39, 0.29) is 22.6 Å². The van der Waals surface area contributed by atoms with Crippen LogP contribution >= 0.6 is 0 Å². The van der Waals surface area contributed by atoms with Gasteiger partial charge >= 0.3 is 0 Å². The van der Waals surface area contributed by atoms with Crippen molar-refractivity contribution >= 4 is 27.5 Å². The second kappa shape index (κ2) is 10.6. The summed E-state index contributed by atoms with van der Waals surface area (Å²) in [6, 6.07) is 5.20. The van der Waals surface area contributed by atoms with Crippen molar-refractivity contribution in [2.24, 2.45) is 5.92 Å². The van der Waals surface area contributed by atoms with Crippen molar-refractivity contribution in [1.29, 1.82) is 0 Å². The van der Waals surface area contributed by atoms with Crippen molar-refractivity contribution in [2.75, 3.05) is 57.3 Å². The number of piperidine rings is 2. The van der Waals surface area contributed by atoms with E-state index < -0.39 is 10.0 Å². The zero-order chi connectivity index (χ0) is 24.3. The summed E-state index contributed by atoms with van der Waals surface area (Å²) >= 11 is 0. The Morgan fingerprint density at radius 1 is 0.765 bits per heavy atom. The Kier molecular flexibility index (Phi) is 7.82. The maximum absolute atomic E-state index is 13.7. The van der Waals surface area contributed by atoms with Crippen LogP contribution in [0.4, 0.5) is 5.69 Å². The number of anilines is 1. The van der Waals surface area contributed by atoms with Crippen LogP contribution in [-0.4, -0.2) is 86.7 Å². The Morgan fingerprint density at radius 3 is 1.91 bits per heavy atom. The first-order valence-electron chi connectivity index (χ1n) is 12.8. The number of hydrogen-bond acceptors (Lipinski definition) is 5. The van der Waals surface area contributed by atoms with Crippen molar-refractivity contribution in [2.45, 2.75) is 57.3 Å². The van der Waals surface area contributed by atoms with Crippen molar-refractivity contribution in [3.8, 4) is 0 Å². The van der Waals surface area contributed by atoms with E-state index in [1.54, 1.807) is 26.2 Å². The first-order chi connectivity index (χ1) is 16.3. The summed E-state index contributed by atoms with van der Waals surface area (Å²) in [5, 5.41) is 0. The number of benzene rings is 1. The second-order valence-electron chi connectivity index (χ2n) is 9.97. The van der Waals surface area contributed by atoms with Gasteiger partial charge in [-0.15, -0.1) is 0 Å². The molecule has 1 aromatic rings. The van der Waals surface area contributed by atoms with Crippen LogP contribution in [0.15, 0.2) is 23.1 Å². The lowest BCUT2D eigenvalue weighted by Crippen LogP contribution is -2.51. The molecule has 3 saturated heterocycles. The van der Waals surface area contributed by atoms with E-state index in [9.17, 15) is 18.0 Å². The molecule has 4 rings (SSSR count). The van der Waals surface area contributed by atoms with Crippen molar-refractivity contribution in [3.63, 3.8) is 0 Å². The molecule has 3 aliphatic heterocycles. The van der Waals surface area contributed by atoms with Crippen molar-refractivity contribution in [3.05, 3.63) is 23.8 Å². The molecule has 3 aliphatic rings. The van der Waals surface area contributed by atoms with Crippen molar-refractivity contribution < 1.29 is 18.0 Å². The summed E-state index contributed by atoms with van der Waals surface area (Å²) in [5.74, 6) is -0.128. The minimum atomic E-state index is -3.69. The Bertz CT molecular complexity index is 990. The number of sulfonamides is 1. The Hall–Kier alpha value is -2.13. The topological polar surface area (TPSA) is 81.2 Å². The molecule has 0 unspecified atom stereocenters. The smallest absolute Gasteiger partial charge is 0.254 e. The quantitative estimate of drug-likeness (QED) is 0.634. The minimum Gasteiger partial charge on any atom is -0.370 e. The van der Waals surface area contributed by atoms with Crippen LogP contribution in [-0.2, 0) is 14.8 Å². The number of carbonyl (C=O) groups is 2. The fraction of sp³-hybridized carbons (Fsp3) is 0.680. The van der Waals surface area contributed by atoms with Gasteiger partial charge in [0.15, 0.2) is 0 Å². The van der Waals surface area contributed by atoms with Crippen LogP contribution in [0.1, 0.15) is 62.7 Å². The van der Waals surface area contributed by atoms with E-state index in [2.05, 4.69) is 4.90 Å². The molecule has 0 radical (unpaired) electrons. The molecule has 9 heteroatoms.